The molecule has 3 aromatic carbocycles. The number of hydrazine groups is 1. The summed E-state index contributed by atoms with van der Waals surface area (Å²) in [6.45, 7) is 3.44. The van der Waals surface area contributed by atoms with Crippen molar-refractivity contribution in [2.24, 2.45) is 11.7 Å². The topological polar surface area (TPSA) is 252 Å². The van der Waals surface area contributed by atoms with E-state index in [1.165, 1.54) is 17.2 Å². The fraction of sp³-hybridized carbons (Fsp3) is 0.367. The van der Waals surface area contributed by atoms with Crippen LogP contribution in [0.25, 0.3) is 0 Å². The molecule has 1 saturated heterocycles. The number of aliphatic carboxylic acids is 1. The maximum absolute atomic E-state index is 15.4. The number of anilines is 1. The molecule has 4 unspecified atom stereocenters. The van der Waals surface area contributed by atoms with E-state index in [2.05, 4.69) is 21.4 Å². The van der Waals surface area contributed by atoms with E-state index in [4.69, 9.17) is 15.2 Å². The number of fused-ring (bicyclic) bond motifs is 1. The number of nitrogens with two attached hydrogens (primary N) is 1. The number of nitrogens with zero attached hydrogens (tertiary/aromatic N) is 4. The third kappa shape index (κ3) is 14.0. The number of hydrogen-bond acceptors (Lipinski definition) is 13. The molecule has 2 aliphatic heterocycles. The first kappa shape index (κ1) is 50.8. The number of likely N-dealkylation sites (N-methyl/N-ethyl adjacent to an activating group) is 1. The summed E-state index contributed by atoms with van der Waals surface area (Å²) in [6.07, 6.45) is 3.80. The number of alkyl carbamates (subject to hydrolysis) is 1. The molecule has 1 aliphatic carbocycles. The quantitative estimate of drug-likeness (QED) is 0.0341. The second-order valence-corrected chi connectivity index (χ2v) is 16.6. The Morgan fingerprint density at radius 1 is 0.899 bits per heavy atom. The highest BCUT2D eigenvalue weighted by molar-refractivity contribution is 6.18. The lowest BCUT2D eigenvalue weighted by atomic mass is 9.82. The average Bonchev–Trinajstić information content (AvgIpc) is 3.35. The highest BCUT2D eigenvalue weighted by atomic mass is 19.1. The number of allylic oxidation sites excluding steroid dienone is 1. The molecule has 0 saturated carbocycles. The molecule has 0 spiro atoms. The molecule has 366 valence electrons. The normalized spacial score (nSPS) is 17.6. The Morgan fingerprint density at radius 3 is 2.16 bits per heavy atom. The van der Waals surface area contributed by atoms with E-state index in [0.717, 1.165) is 11.1 Å². The van der Waals surface area contributed by atoms with Crippen molar-refractivity contribution in [2.45, 2.75) is 57.5 Å². The van der Waals surface area contributed by atoms with Gasteiger partial charge in [-0.15, -0.1) is 0 Å². The van der Waals surface area contributed by atoms with Crippen molar-refractivity contribution in [2.75, 3.05) is 58.2 Å². The van der Waals surface area contributed by atoms with E-state index in [1.807, 2.05) is 67.6 Å². The van der Waals surface area contributed by atoms with Crippen LogP contribution >= 0.6 is 0 Å². The van der Waals surface area contributed by atoms with Gasteiger partial charge in [-0.25, -0.2) is 28.6 Å². The minimum atomic E-state index is -1.35. The SMILES string of the molecule is CCN1C=C(C(=O)O)C(=O)C2C=C(F)C(N3CCN(C(=O)OCc4ccc(NC(=O)C(CCCNC(N)=O)N(CC(=N)C(Cc5ccccc5)NC(=O)OCc5ccccc5)NC)cc4)CC3)=CC21. The number of piperazine rings is 1. The molecule has 3 aliphatic rings. The second kappa shape index (κ2) is 24.4. The number of hydrogen-bond donors (Lipinski definition) is 7. The van der Waals surface area contributed by atoms with Crippen molar-refractivity contribution in [1.82, 2.24) is 35.8 Å². The number of rotatable bonds is 21. The summed E-state index contributed by atoms with van der Waals surface area (Å²) < 4.78 is 26.5. The van der Waals surface area contributed by atoms with Crippen LogP contribution in [-0.4, -0.2) is 137 Å². The Bertz CT molecular complexity index is 2410. The number of Topliss-reactive ketones (excluding diaryl/α,β-unsaturated/α-hetero) is 1. The third-order valence-corrected chi connectivity index (χ3v) is 12.0. The molecule has 19 nitrogen and oxygen atoms in total. The number of amides is 5. The lowest BCUT2D eigenvalue weighted by Gasteiger charge is -2.42. The second-order valence-electron chi connectivity index (χ2n) is 16.6. The molecular weight excluding hydrogens is 892 g/mol. The van der Waals surface area contributed by atoms with Crippen LogP contribution in [0.1, 0.15) is 36.5 Å². The lowest BCUT2D eigenvalue weighted by Crippen LogP contribution is -2.55. The molecule has 8 N–H and O–H groups in total. The first-order chi connectivity index (χ1) is 33.2. The van der Waals surface area contributed by atoms with Crippen molar-refractivity contribution < 1.29 is 47.7 Å². The van der Waals surface area contributed by atoms with Gasteiger partial charge in [-0.3, -0.25) is 15.0 Å². The van der Waals surface area contributed by atoms with Crippen LogP contribution in [0.5, 0.6) is 0 Å². The van der Waals surface area contributed by atoms with E-state index >= 15 is 4.39 Å². The van der Waals surface area contributed by atoms with Gasteiger partial charge in [0.15, 0.2) is 5.78 Å². The molecule has 2 heterocycles. The lowest BCUT2D eigenvalue weighted by molar-refractivity contribution is -0.136. The summed E-state index contributed by atoms with van der Waals surface area (Å²) in [5.74, 6) is -3.99. The predicted octanol–water partition coefficient (Wildman–Crippen LogP) is 4.30. The van der Waals surface area contributed by atoms with E-state index in [-0.39, 0.29) is 69.2 Å². The van der Waals surface area contributed by atoms with Crippen LogP contribution < -0.4 is 27.1 Å². The third-order valence-electron chi connectivity index (χ3n) is 12.0. The molecule has 4 atom stereocenters. The fourth-order valence-corrected chi connectivity index (χ4v) is 8.30. The maximum Gasteiger partial charge on any atom is 0.410 e. The zero-order valence-electron chi connectivity index (χ0n) is 38.6. The standard InChI is InChI=1S/C49H59FN10O9/c1-3-57-28-37(46(63)64)44(61)36-26-38(50)43(27-42(36)57)58-21-23-59(24-22-58)49(67)69-31-34-16-18-35(19-17-34)55-45(62)41(15-10-20-54-47(52)65)60(53-2)29-39(51)40(25-32-11-6-4-7-12-32)56-48(66)68-30-33-13-8-5-9-14-33/h4-9,11-14,16-19,26-28,36,40-42,51,53H,3,10,15,20-25,29-31H2,1-2H3,(H,55,62)(H,56,66)(H,63,64)(H3,52,54,65). The molecule has 6 rings (SSSR count). The van der Waals surface area contributed by atoms with Gasteiger partial charge in [0.2, 0.25) is 5.91 Å². The minimum Gasteiger partial charge on any atom is -0.478 e. The monoisotopic (exact) mass is 950 g/mol. The van der Waals surface area contributed by atoms with Gasteiger partial charge >= 0.3 is 24.2 Å². The van der Waals surface area contributed by atoms with Crippen molar-refractivity contribution in [3.05, 3.63) is 137 Å². The Morgan fingerprint density at radius 2 is 1.54 bits per heavy atom. The minimum absolute atomic E-state index is 0.0424. The molecule has 0 radical (unpaired) electrons. The van der Waals surface area contributed by atoms with Crippen LogP contribution in [-0.2, 0) is 43.5 Å². The van der Waals surface area contributed by atoms with Gasteiger partial charge in [0.25, 0.3) is 0 Å². The summed E-state index contributed by atoms with van der Waals surface area (Å²) in [6, 6.07) is 22.5. The summed E-state index contributed by atoms with van der Waals surface area (Å²) in [5.41, 5.74) is 11.1. The zero-order chi connectivity index (χ0) is 49.5. The van der Waals surface area contributed by atoms with Crippen LogP contribution in [0.3, 0.4) is 0 Å². The summed E-state index contributed by atoms with van der Waals surface area (Å²) >= 11 is 0. The van der Waals surface area contributed by atoms with Crippen molar-refractivity contribution in [1.29, 1.82) is 5.41 Å². The summed E-state index contributed by atoms with van der Waals surface area (Å²) in [4.78, 5) is 81.1. The number of carboxylic acids is 1. The van der Waals surface area contributed by atoms with Crippen molar-refractivity contribution >= 4 is 47.3 Å². The van der Waals surface area contributed by atoms with E-state index in [1.54, 1.807) is 52.2 Å². The smallest absolute Gasteiger partial charge is 0.410 e. The van der Waals surface area contributed by atoms with E-state index < -0.39 is 65.7 Å². The highest BCUT2D eigenvalue weighted by Crippen LogP contribution is 2.35. The molecular formula is C49H59FN10O9. The molecule has 0 bridgehead atoms. The number of ether oxygens (including phenoxy) is 2. The van der Waals surface area contributed by atoms with Gasteiger partial charge in [0, 0.05) is 56.9 Å². The molecule has 20 heteroatoms. The van der Waals surface area contributed by atoms with Gasteiger partial charge in [-0.2, -0.15) is 0 Å². The van der Waals surface area contributed by atoms with Crippen molar-refractivity contribution in [3.63, 3.8) is 0 Å². The number of benzene rings is 3. The number of carboxylic acid groups (broad SMARTS) is 1. The molecule has 1 fully saturated rings. The van der Waals surface area contributed by atoms with Crippen molar-refractivity contribution in [3.8, 4) is 0 Å². The number of carbonyl (C=O) groups excluding carboxylic acids is 5. The van der Waals surface area contributed by atoms with Gasteiger partial charge < -0.3 is 56.4 Å². The number of ketones is 1. The Balaban J connectivity index is 1.03. The van der Waals surface area contributed by atoms with Gasteiger partial charge in [-0.05, 0) is 74.2 Å². The Kier molecular flexibility index (Phi) is 18.0. The van der Waals surface area contributed by atoms with Gasteiger partial charge in [-0.1, -0.05) is 72.8 Å². The molecule has 69 heavy (non-hydrogen) atoms. The maximum atomic E-state index is 15.4. The Labute approximate surface area is 399 Å². The number of carbonyl (C=O) groups is 6. The number of primary amides is 1. The fourth-order valence-electron chi connectivity index (χ4n) is 8.30. The van der Waals surface area contributed by atoms with Crippen LogP contribution in [0.15, 0.2) is 120 Å². The number of urea groups is 1. The Hall–Kier alpha value is -7.58. The predicted molar refractivity (Wildman–Crippen MR) is 254 cm³/mol. The average molecular weight is 951 g/mol. The number of nitrogens with one attached hydrogen (secondary N) is 5. The first-order valence-electron chi connectivity index (χ1n) is 22.7. The molecule has 3 aromatic rings. The number of halogens is 1. The highest BCUT2D eigenvalue weighted by Gasteiger charge is 2.41. The van der Waals surface area contributed by atoms with Crippen LogP contribution in [0, 0.1) is 11.3 Å². The summed E-state index contributed by atoms with van der Waals surface area (Å²) in [7, 11) is 1.62. The van der Waals surface area contributed by atoms with Crippen LogP contribution in [0.4, 0.5) is 24.5 Å². The first-order valence-corrected chi connectivity index (χ1v) is 22.7. The summed E-state index contributed by atoms with van der Waals surface area (Å²) in [5, 5.41) is 28.6. The largest absolute Gasteiger partial charge is 0.478 e. The van der Waals surface area contributed by atoms with E-state index in [9.17, 15) is 39.3 Å². The van der Waals surface area contributed by atoms with Gasteiger partial charge in [0.05, 0.1) is 30.2 Å². The molecule has 5 amide bonds. The van der Waals surface area contributed by atoms with Crippen LogP contribution in [0.2, 0.25) is 0 Å². The zero-order valence-corrected chi connectivity index (χ0v) is 38.6. The molecule has 0 aromatic heterocycles. The van der Waals surface area contributed by atoms with E-state index in [0.29, 0.717) is 37.3 Å². The van der Waals surface area contributed by atoms with Gasteiger partial charge in [0.1, 0.15) is 30.7 Å².